The maximum atomic E-state index is 12.5. The highest BCUT2D eigenvalue weighted by Gasteiger charge is 2.17. The lowest BCUT2D eigenvalue weighted by Crippen LogP contribution is -2.39. The highest BCUT2D eigenvalue weighted by molar-refractivity contribution is 5.91. The zero-order chi connectivity index (χ0) is 18.1. The van der Waals surface area contributed by atoms with Gasteiger partial charge in [-0.15, -0.1) is 0 Å². The van der Waals surface area contributed by atoms with Crippen LogP contribution in [0.1, 0.15) is 25.5 Å². The summed E-state index contributed by atoms with van der Waals surface area (Å²) in [4.78, 5) is 14.8. The van der Waals surface area contributed by atoms with E-state index in [9.17, 15) is 4.79 Å². The number of nitrogens with zero attached hydrogens (tertiary/aromatic N) is 1. The van der Waals surface area contributed by atoms with E-state index in [1.165, 1.54) is 0 Å². The van der Waals surface area contributed by atoms with Gasteiger partial charge in [0.05, 0.1) is 18.8 Å². The second-order valence-electron chi connectivity index (χ2n) is 5.75. The highest BCUT2D eigenvalue weighted by atomic mass is 16.5. The van der Waals surface area contributed by atoms with Gasteiger partial charge >= 0.3 is 6.03 Å². The number of urea groups is 1. The molecule has 5 nitrogen and oxygen atoms in total. The Hall–Kier alpha value is -2.53. The number of carbonyl (C=O) groups is 1. The first-order chi connectivity index (χ1) is 12.2. The molecule has 5 heteroatoms. The molecule has 1 unspecified atom stereocenters. The number of ether oxygens (including phenoxy) is 1. The van der Waals surface area contributed by atoms with E-state index in [0.29, 0.717) is 11.4 Å². The fourth-order valence-corrected chi connectivity index (χ4v) is 2.72. The maximum absolute atomic E-state index is 12.5. The molecule has 0 spiro atoms. The largest absolute Gasteiger partial charge is 0.495 e. The second-order valence-corrected chi connectivity index (χ2v) is 5.75. The number of amides is 2. The van der Waals surface area contributed by atoms with E-state index in [-0.39, 0.29) is 12.1 Å². The first-order valence-corrected chi connectivity index (χ1v) is 8.65. The van der Waals surface area contributed by atoms with Crippen LogP contribution in [0, 0.1) is 0 Å². The summed E-state index contributed by atoms with van der Waals surface area (Å²) in [6.45, 7) is 6.89. The summed E-state index contributed by atoms with van der Waals surface area (Å²) in [5.74, 6) is 0.637. The zero-order valence-electron chi connectivity index (χ0n) is 15.2. The van der Waals surface area contributed by atoms with Crippen LogP contribution < -0.4 is 15.4 Å². The summed E-state index contributed by atoms with van der Waals surface area (Å²) in [5.41, 5.74) is 1.74. The third-order valence-electron chi connectivity index (χ3n) is 4.20. The minimum atomic E-state index is -0.245. The number of anilines is 1. The number of likely N-dealkylation sites (N-methyl/N-ethyl adjacent to an activating group) is 1. The van der Waals surface area contributed by atoms with E-state index in [2.05, 4.69) is 29.4 Å². The first-order valence-electron chi connectivity index (χ1n) is 8.65. The van der Waals surface area contributed by atoms with Crippen LogP contribution in [-0.2, 0) is 0 Å². The molecule has 0 aliphatic heterocycles. The van der Waals surface area contributed by atoms with Crippen molar-refractivity contribution in [1.82, 2.24) is 10.2 Å². The van der Waals surface area contributed by atoms with Crippen molar-refractivity contribution in [3.05, 3.63) is 60.2 Å². The van der Waals surface area contributed by atoms with Crippen LogP contribution in [0.5, 0.6) is 5.75 Å². The van der Waals surface area contributed by atoms with E-state index in [1.807, 2.05) is 54.6 Å². The van der Waals surface area contributed by atoms with Crippen LogP contribution in [0.4, 0.5) is 10.5 Å². The van der Waals surface area contributed by atoms with Crippen molar-refractivity contribution in [2.24, 2.45) is 0 Å². The minimum absolute atomic E-state index is 0.0872. The lowest BCUT2D eigenvalue weighted by Gasteiger charge is -2.26. The van der Waals surface area contributed by atoms with Gasteiger partial charge in [-0.2, -0.15) is 0 Å². The average Bonchev–Trinajstić information content (AvgIpc) is 2.66. The van der Waals surface area contributed by atoms with E-state index in [1.54, 1.807) is 7.11 Å². The molecule has 0 saturated heterocycles. The van der Waals surface area contributed by atoms with Crippen LogP contribution in [0.3, 0.4) is 0 Å². The Bertz CT molecular complexity index is 657. The summed E-state index contributed by atoms with van der Waals surface area (Å²) in [6.07, 6.45) is 0. The van der Waals surface area contributed by atoms with Gasteiger partial charge in [-0.05, 0) is 30.8 Å². The van der Waals surface area contributed by atoms with Crippen molar-refractivity contribution in [2.45, 2.75) is 19.9 Å². The van der Waals surface area contributed by atoms with E-state index in [0.717, 1.165) is 25.2 Å². The predicted molar refractivity (Wildman–Crippen MR) is 102 cm³/mol. The Balaban J connectivity index is 2.11. The van der Waals surface area contributed by atoms with Crippen molar-refractivity contribution < 1.29 is 9.53 Å². The van der Waals surface area contributed by atoms with Gasteiger partial charge in [-0.25, -0.2) is 4.79 Å². The number of hydrogen-bond donors (Lipinski definition) is 2. The molecule has 0 aliphatic carbocycles. The number of carbonyl (C=O) groups excluding carboxylic acids is 1. The number of hydrogen-bond acceptors (Lipinski definition) is 3. The van der Waals surface area contributed by atoms with Gasteiger partial charge in [0.2, 0.25) is 0 Å². The Morgan fingerprint density at radius 3 is 2.32 bits per heavy atom. The molecule has 2 amide bonds. The molecule has 2 aromatic carbocycles. The lowest BCUT2D eigenvalue weighted by molar-refractivity contribution is 0.235. The van der Waals surface area contributed by atoms with Crippen molar-refractivity contribution in [2.75, 3.05) is 32.1 Å². The van der Waals surface area contributed by atoms with Gasteiger partial charge in [0.25, 0.3) is 0 Å². The lowest BCUT2D eigenvalue weighted by atomic mass is 10.1. The number of nitrogens with one attached hydrogen (secondary N) is 2. The molecule has 0 fully saturated rings. The quantitative estimate of drug-likeness (QED) is 0.766. The van der Waals surface area contributed by atoms with Crippen LogP contribution in [0.2, 0.25) is 0 Å². The van der Waals surface area contributed by atoms with Crippen LogP contribution in [0.15, 0.2) is 54.6 Å². The van der Waals surface area contributed by atoms with Crippen molar-refractivity contribution in [3.63, 3.8) is 0 Å². The highest BCUT2D eigenvalue weighted by Crippen LogP contribution is 2.23. The molecule has 2 rings (SSSR count). The molecule has 2 N–H and O–H groups in total. The third-order valence-corrected chi connectivity index (χ3v) is 4.20. The number of rotatable bonds is 8. The third kappa shape index (κ3) is 5.50. The standard InChI is InChI=1S/C20H27N3O2/c1-4-23(5-2)15-18(16-11-7-6-8-12-16)22-20(24)21-17-13-9-10-14-19(17)25-3/h6-14,18H,4-5,15H2,1-3H3,(H2,21,22,24). The average molecular weight is 341 g/mol. The molecule has 2 aromatic rings. The summed E-state index contributed by atoms with van der Waals surface area (Å²) < 4.78 is 5.28. The molecule has 0 saturated carbocycles. The van der Waals surface area contributed by atoms with Crippen molar-refractivity contribution in [1.29, 1.82) is 0 Å². The molecular weight excluding hydrogens is 314 g/mol. The van der Waals surface area contributed by atoms with Crippen LogP contribution in [-0.4, -0.2) is 37.7 Å². The minimum Gasteiger partial charge on any atom is -0.495 e. The predicted octanol–water partition coefficient (Wildman–Crippen LogP) is 3.90. The molecule has 25 heavy (non-hydrogen) atoms. The van der Waals surface area contributed by atoms with E-state index in [4.69, 9.17) is 4.74 Å². The monoisotopic (exact) mass is 341 g/mol. The summed E-state index contributed by atoms with van der Waals surface area (Å²) in [7, 11) is 1.59. The SMILES string of the molecule is CCN(CC)CC(NC(=O)Nc1ccccc1OC)c1ccccc1. The number of benzene rings is 2. The molecule has 0 aromatic heterocycles. The van der Waals surface area contributed by atoms with Crippen molar-refractivity contribution >= 4 is 11.7 Å². The Morgan fingerprint density at radius 1 is 1.04 bits per heavy atom. The number of methoxy groups -OCH3 is 1. The molecule has 0 radical (unpaired) electrons. The van der Waals surface area contributed by atoms with E-state index < -0.39 is 0 Å². The first kappa shape index (κ1) is 18.8. The Kier molecular flexibility index (Phi) is 7.29. The summed E-state index contributed by atoms with van der Waals surface area (Å²) in [5, 5.41) is 5.96. The molecule has 134 valence electrons. The van der Waals surface area contributed by atoms with Crippen LogP contribution >= 0.6 is 0 Å². The fraction of sp³-hybridized carbons (Fsp3) is 0.350. The number of para-hydroxylation sites is 2. The molecule has 0 aliphatic rings. The fourth-order valence-electron chi connectivity index (χ4n) is 2.72. The smallest absolute Gasteiger partial charge is 0.319 e. The molecule has 0 bridgehead atoms. The zero-order valence-corrected chi connectivity index (χ0v) is 15.2. The van der Waals surface area contributed by atoms with Crippen LogP contribution in [0.25, 0.3) is 0 Å². The normalized spacial score (nSPS) is 11.8. The Labute approximate surface area is 150 Å². The summed E-state index contributed by atoms with van der Waals surface area (Å²) in [6, 6.07) is 17.1. The Morgan fingerprint density at radius 2 is 1.68 bits per heavy atom. The topological polar surface area (TPSA) is 53.6 Å². The molecular formula is C20H27N3O2. The van der Waals surface area contributed by atoms with Gasteiger partial charge in [-0.1, -0.05) is 56.3 Å². The molecule has 0 heterocycles. The maximum Gasteiger partial charge on any atom is 0.319 e. The van der Waals surface area contributed by atoms with Gasteiger partial charge in [0, 0.05) is 6.54 Å². The van der Waals surface area contributed by atoms with Gasteiger partial charge in [0.15, 0.2) is 0 Å². The van der Waals surface area contributed by atoms with Gasteiger partial charge in [0.1, 0.15) is 5.75 Å². The van der Waals surface area contributed by atoms with Gasteiger partial charge < -0.3 is 20.3 Å². The molecule has 1 atom stereocenters. The van der Waals surface area contributed by atoms with E-state index >= 15 is 0 Å². The van der Waals surface area contributed by atoms with Crippen molar-refractivity contribution in [3.8, 4) is 5.75 Å². The summed E-state index contributed by atoms with van der Waals surface area (Å²) >= 11 is 0. The second kappa shape index (κ2) is 9.69. The van der Waals surface area contributed by atoms with Gasteiger partial charge in [-0.3, -0.25) is 0 Å².